The van der Waals surface area contributed by atoms with Gasteiger partial charge in [-0.1, -0.05) is 38.8 Å². The van der Waals surface area contributed by atoms with Crippen LogP contribution in [0.25, 0.3) is 0 Å². The normalized spacial score (nSPS) is 23.1. The molecule has 0 N–H and O–H groups in total. The molecule has 0 unspecified atom stereocenters. The second-order valence-electron chi connectivity index (χ2n) is 7.02. The van der Waals surface area contributed by atoms with E-state index in [1.165, 1.54) is 11.1 Å². The van der Waals surface area contributed by atoms with Gasteiger partial charge in [-0.15, -0.1) is 6.58 Å². The molecule has 18 heavy (non-hydrogen) atoms. The van der Waals surface area contributed by atoms with Gasteiger partial charge in [-0.25, -0.2) is 0 Å². The first-order chi connectivity index (χ1) is 8.22. The zero-order chi connectivity index (χ0) is 13.9. The Kier molecular flexibility index (Phi) is 4.95. The average molecular weight is 248 g/mol. The summed E-state index contributed by atoms with van der Waals surface area (Å²) in [6.45, 7) is 14.9. The fourth-order valence-corrected chi connectivity index (χ4v) is 3.03. The van der Waals surface area contributed by atoms with Crippen LogP contribution in [0.1, 0.15) is 60.3 Å². The summed E-state index contributed by atoms with van der Waals surface area (Å²) in [6, 6.07) is 0. The van der Waals surface area contributed by atoms with E-state index in [4.69, 9.17) is 0 Å². The number of carbonyl (C=O) groups excluding carboxylic acids is 1. The van der Waals surface area contributed by atoms with Crippen molar-refractivity contribution < 1.29 is 4.79 Å². The highest BCUT2D eigenvalue weighted by atomic mass is 16.1. The quantitative estimate of drug-likeness (QED) is 0.630. The van der Waals surface area contributed by atoms with E-state index in [2.05, 4.69) is 34.3 Å². The minimum atomic E-state index is 0.103. The molecule has 0 aromatic rings. The first-order valence-corrected chi connectivity index (χ1v) is 7.10. The minimum absolute atomic E-state index is 0.103. The molecule has 1 aliphatic carbocycles. The van der Waals surface area contributed by atoms with Gasteiger partial charge >= 0.3 is 0 Å². The van der Waals surface area contributed by atoms with Crippen molar-refractivity contribution >= 4 is 5.78 Å². The van der Waals surface area contributed by atoms with Crippen LogP contribution in [0.2, 0.25) is 0 Å². The Morgan fingerprint density at radius 1 is 1.50 bits per heavy atom. The van der Waals surface area contributed by atoms with Crippen LogP contribution in [-0.4, -0.2) is 5.78 Å². The highest BCUT2D eigenvalue weighted by molar-refractivity contribution is 5.94. The summed E-state index contributed by atoms with van der Waals surface area (Å²) in [6.07, 6.45) is 5.97. The Hall–Kier alpha value is -0.850. The van der Waals surface area contributed by atoms with Gasteiger partial charge < -0.3 is 0 Å². The molecule has 0 saturated heterocycles. The fourth-order valence-electron chi connectivity index (χ4n) is 3.03. The van der Waals surface area contributed by atoms with Crippen LogP contribution in [-0.2, 0) is 4.79 Å². The molecule has 1 heteroatoms. The standard InChI is InChI=1S/C17H28O/c1-12(2)7-8-15-16(18)10-14(9-13(3)4)11-17(15,5)6/h10,13,15H,1,7-9,11H2,2-6H3/t15-/m0/s1. The van der Waals surface area contributed by atoms with Crippen molar-refractivity contribution in [1.82, 2.24) is 0 Å². The van der Waals surface area contributed by atoms with E-state index in [0.717, 1.165) is 25.7 Å². The van der Waals surface area contributed by atoms with Crippen LogP contribution in [0, 0.1) is 17.3 Å². The van der Waals surface area contributed by atoms with E-state index < -0.39 is 0 Å². The summed E-state index contributed by atoms with van der Waals surface area (Å²) in [7, 11) is 0. The van der Waals surface area contributed by atoms with Crippen molar-refractivity contribution in [3.8, 4) is 0 Å². The summed E-state index contributed by atoms with van der Waals surface area (Å²) in [5, 5.41) is 0. The molecule has 0 aromatic carbocycles. The summed E-state index contributed by atoms with van der Waals surface area (Å²) in [4.78, 5) is 12.3. The summed E-state index contributed by atoms with van der Waals surface area (Å²) < 4.78 is 0. The zero-order valence-corrected chi connectivity index (χ0v) is 12.7. The lowest BCUT2D eigenvalue weighted by atomic mass is 9.66. The molecule has 1 atom stereocenters. The topological polar surface area (TPSA) is 17.1 Å². The van der Waals surface area contributed by atoms with Crippen LogP contribution in [0.3, 0.4) is 0 Å². The summed E-state index contributed by atoms with van der Waals surface area (Å²) in [5.74, 6) is 1.14. The summed E-state index contributed by atoms with van der Waals surface area (Å²) in [5.41, 5.74) is 2.62. The van der Waals surface area contributed by atoms with Crippen molar-refractivity contribution in [2.24, 2.45) is 17.3 Å². The second kappa shape index (κ2) is 5.86. The predicted molar refractivity (Wildman–Crippen MR) is 78.5 cm³/mol. The van der Waals surface area contributed by atoms with Crippen LogP contribution >= 0.6 is 0 Å². The molecule has 0 bridgehead atoms. The molecular weight excluding hydrogens is 220 g/mol. The van der Waals surface area contributed by atoms with E-state index in [1.54, 1.807) is 0 Å². The predicted octanol–water partition coefficient (Wildman–Crippen LogP) is 4.93. The van der Waals surface area contributed by atoms with Crippen molar-refractivity contribution in [2.45, 2.75) is 60.3 Å². The Labute approximate surface area is 112 Å². The monoisotopic (exact) mass is 248 g/mol. The van der Waals surface area contributed by atoms with Gasteiger partial charge in [0.1, 0.15) is 0 Å². The van der Waals surface area contributed by atoms with Crippen LogP contribution in [0.4, 0.5) is 0 Å². The maximum Gasteiger partial charge on any atom is 0.159 e. The molecule has 0 saturated carbocycles. The van der Waals surface area contributed by atoms with Gasteiger partial charge in [0.05, 0.1) is 0 Å². The van der Waals surface area contributed by atoms with Gasteiger partial charge in [-0.2, -0.15) is 0 Å². The lowest BCUT2D eigenvalue weighted by Gasteiger charge is -2.38. The Bertz CT molecular complexity index is 358. The Morgan fingerprint density at radius 3 is 2.56 bits per heavy atom. The van der Waals surface area contributed by atoms with Crippen molar-refractivity contribution in [3.63, 3.8) is 0 Å². The fraction of sp³-hybridized carbons (Fsp3) is 0.706. The van der Waals surface area contributed by atoms with Gasteiger partial charge in [0.2, 0.25) is 0 Å². The molecule has 1 aliphatic rings. The van der Waals surface area contributed by atoms with E-state index in [1.807, 2.05) is 13.0 Å². The highest BCUT2D eigenvalue weighted by Gasteiger charge is 2.37. The Balaban J connectivity index is 2.79. The van der Waals surface area contributed by atoms with Crippen molar-refractivity contribution in [1.29, 1.82) is 0 Å². The molecule has 0 aromatic heterocycles. The number of hydrogen-bond donors (Lipinski definition) is 0. The third kappa shape index (κ3) is 4.12. The first-order valence-electron chi connectivity index (χ1n) is 7.10. The van der Waals surface area contributed by atoms with Crippen LogP contribution in [0.5, 0.6) is 0 Å². The average Bonchev–Trinajstić information content (AvgIpc) is 2.12. The second-order valence-corrected chi connectivity index (χ2v) is 7.02. The maximum atomic E-state index is 12.3. The molecule has 0 amide bonds. The lowest BCUT2D eigenvalue weighted by molar-refractivity contribution is -0.122. The molecule has 0 spiro atoms. The minimum Gasteiger partial charge on any atom is -0.295 e. The maximum absolute atomic E-state index is 12.3. The van der Waals surface area contributed by atoms with Crippen molar-refractivity contribution in [2.75, 3.05) is 0 Å². The molecule has 0 heterocycles. The van der Waals surface area contributed by atoms with Crippen LogP contribution in [0.15, 0.2) is 23.8 Å². The molecule has 1 nitrogen and oxygen atoms in total. The zero-order valence-electron chi connectivity index (χ0n) is 12.7. The molecule has 0 aliphatic heterocycles. The van der Waals surface area contributed by atoms with E-state index >= 15 is 0 Å². The number of allylic oxidation sites excluding steroid dienone is 3. The number of hydrogen-bond acceptors (Lipinski definition) is 1. The first kappa shape index (κ1) is 15.2. The van der Waals surface area contributed by atoms with Gasteiger partial charge in [-0.05, 0) is 50.0 Å². The number of rotatable bonds is 5. The van der Waals surface area contributed by atoms with E-state index in [0.29, 0.717) is 11.7 Å². The number of ketones is 1. The number of carbonyl (C=O) groups is 1. The molecule has 0 radical (unpaired) electrons. The summed E-state index contributed by atoms with van der Waals surface area (Å²) >= 11 is 0. The van der Waals surface area contributed by atoms with Gasteiger partial charge in [-0.3, -0.25) is 4.79 Å². The van der Waals surface area contributed by atoms with Gasteiger partial charge in [0, 0.05) is 5.92 Å². The van der Waals surface area contributed by atoms with Crippen LogP contribution < -0.4 is 0 Å². The van der Waals surface area contributed by atoms with Crippen molar-refractivity contribution in [3.05, 3.63) is 23.8 Å². The lowest BCUT2D eigenvalue weighted by Crippen LogP contribution is -2.34. The third-order valence-electron chi connectivity index (χ3n) is 3.85. The highest BCUT2D eigenvalue weighted by Crippen LogP contribution is 2.42. The SMILES string of the molecule is C=C(C)CC[C@H]1C(=O)C=C(CC(C)C)CC1(C)C. The molecule has 102 valence electrons. The van der Waals surface area contributed by atoms with E-state index in [-0.39, 0.29) is 11.3 Å². The third-order valence-corrected chi connectivity index (χ3v) is 3.85. The molecular formula is C17H28O. The van der Waals surface area contributed by atoms with E-state index in [9.17, 15) is 4.79 Å². The smallest absolute Gasteiger partial charge is 0.159 e. The van der Waals surface area contributed by atoms with Gasteiger partial charge in [0.15, 0.2) is 5.78 Å². The largest absolute Gasteiger partial charge is 0.295 e. The van der Waals surface area contributed by atoms with Gasteiger partial charge in [0.25, 0.3) is 0 Å². The molecule has 0 fully saturated rings. The Morgan fingerprint density at radius 2 is 2.11 bits per heavy atom. The molecule has 1 rings (SSSR count).